The van der Waals surface area contributed by atoms with E-state index in [-0.39, 0.29) is 23.3 Å². The summed E-state index contributed by atoms with van der Waals surface area (Å²) < 4.78 is 41.4. The number of imidazole rings is 1. The van der Waals surface area contributed by atoms with E-state index in [1.165, 1.54) is 12.1 Å². The average molecular weight is 453 g/mol. The molecule has 31 heavy (non-hydrogen) atoms. The highest BCUT2D eigenvalue weighted by Gasteiger charge is 2.35. The van der Waals surface area contributed by atoms with Gasteiger partial charge in [0, 0.05) is 19.1 Å². The minimum atomic E-state index is -4.63. The molecule has 1 aliphatic rings. The van der Waals surface area contributed by atoms with Gasteiger partial charge >= 0.3 is 11.9 Å². The molecule has 1 aliphatic heterocycles. The summed E-state index contributed by atoms with van der Waals surface area (Å²) in [7, 11) is 0. The first-order valence-electron chi connectivity index (χ1n) is 9.81. The number of amides is 1. The lowest BCUT2D eigenvalue weighted by molar-refractivity contribution is -0.137. The molecular formula is C21H20ClF3N4O2. The first kappa shape index (κ1) is 21.5. The second kappa shape index (κ2) is 8.39. The number of fused-ring (bicyclic) bond motifs is 1. The minimum absolute atomic E-state index is 0.0108. The van der Waals surface area contributed by atoms with Crippen LogP contribution in [0.5, 0.6) is 0 Å². The van der Waals surface area contributed by atoms with E-state index in [0.717, 1.165) is 17.1 Å². The molecule has 2 N–H and O–H groups in total. The number of aromatic amines is 1. The number of rotatable bonds is 4. The number of likely N-dealkylation sites (tertiary alicyclic amines) is 1. The summed E-state index contributed by atoms with van der Waals surface area (Å²) in [5.41, 5.74) is 0.0278. The molecule has 3 aromatic rings. The van der Waals surface area contributed by atoms with Gasteiger partial charge in [0.15, 0.2) is 0 Å². The lowest BCUT2D eigenvalue weighted by atomic mass is 10.0. The molecule has 0 aliphatic carbocycles. The number of nitrogens with one attached hydrogen (secondary N) is 2. The number of halogens is 4. The molecule has 2 aromatic carbocycles. The molecule has 1 aromatic heterocycles. The molecule has 10 heteroatoms. The zero-order valence-electron chi connectivity index (χ0n) is 16.4. The summed E-state index contributed by atoms with van der Waals surface area (Å²) in [6.07, 6.45) is -3.33. The Morgan fingerprint density at radius 3 is 2.55 bits per heavy atom. The first-order chi connectivity index (χ1) is 14.7. The van der Waals surface area contributed by atoms with Crippen LogP contribution in [0.15, 0.2) is 47.3 Å². The minimum Gasteiger partial charge on any atom is -0.323 e. The highest BCUT2D eigenvalue weighted by Crippen LogP contribution is 2.38. The van der Waals surface area contributed by atoms with E-state index in [1.54, 1.807) is 4.57 Å². The van der Waals surface area contributed by atoms with Crippen molar-refractivity contribution in [3.8, 4) is 0 Å². The zero-order chi connectivity index (χ0) is 22.2. The predicted octanol–water partition coefficient (Wildman–Crippen LogP) is 4.28. The molecule has 2 heterocycles. The van der Waals surface area contributed by atoms with Crippen molar-refractivity contribution in [1.29, 1.82) is 0 Å². The van der Waals surface area contributed by atoms with Crippen molar-refractivity contribution in [3.05, 3.63) is 63.5 Å². The van der Waals surface area contributed by atoms with Gasteiger partial charge in [0.2, 0.25) is 5.91 Å². The Balaban J connectivity index is 1.40. The Morgan fingerprint density at radius 2 is 1.84 bits per heavy atom. The van der Waals surface area contributed by atoms with E-state index in [4.69, 9.17) is 11.6 Å². The molecule has 1 saturated heterocycles. The third-order valence-electron chi connectivity index (χ3n) is 5.50. The van der Waals surface area contributed by atoms with Crippen LogP contribution in [0.1, 0.15) is 24.4 Å². The molecule has 164 valence electrons. The number of anilines is 1. The van der Waals surface area contributed by atoms with Gasteiger partial charge in [-0.15, -0.1) is 0 Å². The number of carbonyl (C=O) groups is 1. The first-order valence-corrected chi connectivity index (χ1v) is 10.2. The summed E-state index contributed by atoms with van der Waals surface area (Å²) in [6.45, 7) is 1.02. The summed E-state index contributed by atoms with van der Waals surface area (Å²) >= 11 is 5.90. The second-order valence-electron chi connectivity index (χ2n) is 7.53. The third-order valence-corrected chi connectivity index (χ3v) is 5.81. The van der Waals surface area contributed by atoms with Gasteiger partial charge in [0.05, 0.1) is 33.9 Å². The molecule has 0 radical (unpaired) electrons. The fraction of sp³-hybridized carbons (Fsp3) is 0.333. The van der Waals surface area contributed by atoms with Gasteiger partial charge in [0.25, 0.3) is 0 Å². The second-order valence-corrected chi connectivity index (χ2v) is 7.94. The molecule has 6 nitrogen and oxygen atoms in total. The van der Waals surface area contributed by atoms with Crippen LogP contribution in [-0.2, 0) is 11.0 Å². The van der Waals surface area contributed by atoms with Gasteiger partial charge in [-0.1, -0.05) is 29.8 Å². The van der Waals surface area contributed by atoms with Gasteiger partial charge in [-0.2, -0.15) is 13.2 Å². The van der Waals surface area contributed by atoms with Crippen molar-refractivity contribution < 1.29 is 18.0 Å². The van der Waals surface area contributed by atoms with Crippen LogP contribution < -0.4 is 11.0 Å². The average Bonchev–Trinajstić information content (AvgIpc) is 3.05. The summed E-state index contributed by atoms with van der Waals surface area (Å²) in [4.78, 5) is 29.5. The topological polar surface area (TPSA) is 70.1 Å². The molecule has 0 bridgehead atoms. The monoisotopic (exact) mass is 452 g/mol. The number of piperidine rings is 1. The Kier molecular flexibility index (Phi) is 5.81. The van der Waals surface area contributed by atoms with E-state index >= 15 is 0 Å². The zero-order valence-corrected chi connectivity index (χ0v) is 17.1. The Hall–Kier alpha value is -2.78. The summed E-state index contributed by atoms with van der Waals surface area (Å²) in [5, 5.41) is 2.15. The number of para-hydroxylation sites is 3. The maximum absolute atomic E-state index is 13.2. The fourth-order valence-corrected chi connectivity index (χ4v) is 4.26. The van der Waals surface area contributed by atoms with Crippen molar-refractivity contribution in [2.75, 3.05) is 25.0 Å². The molecule has 1 amide bonds. The van der Waals surface area contributed by atoms with Gasteiger partial charge in [0.1, 0.15) is 0 Å². The molecule has 0 unspecified atom stereocenters. The SMILES string of the molecule is O=C(CN1CCC(n2c(=O)[nH]c3ccccc32)CC1)Nc1c(Cl)cccc1C(F)(F)F. The number of alkyl halides is 3. The maximum atomic E-state index is 13.2. The summed E-state index contributed by atoms with van der Waals surface area (Å²) in [6, 6.07) is 10.8. The number of aromatic nitrogens is 2. The van der Waals surface area contributed by atoms with Crippen LogP contribution in [0.2, 0.25) is 5.02 Å². The van der Waals surface area contributed by atoms with Gasteiger partial charge in [-0.05, 0) is 37.1 Å². The van der Waals surface area contributed by atoms with Crippen LogP contribution in [0.25, 0.3) is 11.0 Å². The highest BCUT2D eigenvalue weighted by atomic mass is 35.5. The van der Waals surface area contributed by atoms with Crippen molar-refractivity contribution >= 4 is 34.2 Å². The number of H-pyrrole nitrogens is 1. The lowest BCUT2D eigenvalue weighted by Gasteiger charge is -2.32. The van der Waals surface area contributed by atoms with E-state index in [9.17, 15) is 22.8 Å². The van der Waals surface area contributed by atoms with Gasteiger partial charge in [-0.25, -0.2) is 4.79 Å². The lowest BCUT2D eigenvalue weighted by Crippen LogP contribution is -2.41. The van der Waals surface area contributed by atoms with E-state index < -0.39 is 23.3 Å². The molecule has 0 spiro atoms. The van der Waals surface area contributed by atoms with Crippen molar-refractivity contribution in [1.82, 2.24) is 14.5 Å². The Morgan fingerprint density at radius 1 is 1.13 bits per heavy atom. The Bertz CT molecular complexity index is 1160. The normalized spacial score (nSPS) is 16.0. The van der Waals surface area contributed by atoms with Crippen LogP contribution in [-0.4, -0.2) is 40.0 Å². The standard InChI is InChI=1S/C21H20ClF3N4O2/c22-15-5-3-4-14(21(23,24)25)19(15)27-18(30)12-28-10-8-13(9-11-28)29-17-7-2-1-6-16(17)26-20(29)31/h1-7,13H,8-12H2,(H,26,31)(H,27,30). The van der Waals surface area contributed by atoms with Crippen LogP contribution in [0, 0.1) is 0 Å². The van der Waals surface area contributed by atoms with E-state index in [0.29, 0.717) is 25.9 Å². The molecule has 4 rings (SSSR count). The number of carbonyl (C=O) groups excluding carboxylic acids is 1. The molecule has 0 atom stereocenters. The number of hydrogen-bond acceptors (Lipinski definition) is 3. The fourth-order valence-electron chi connectivity index (χ4n) is 4.04. The Labute approximate surface area is 180 Å². The van der Waals surface area contributed by atoms with Crippen LogP contribution >= 0.6 is 11.6 Å². The van der Waals surface area contributed by atoms with Crippen molar-refractivity contribution in [2.45, 2.75) is 25.1 Å². The van der Waals surface area contributed by atoms with E-state index in [1.807, 2.05) is 29.2 Å². The predicted molar refractivity (Wildman–Crippen MR) is 112 cm³/mol. The molecule has 1 fully saturated rings. The number of hydrogen-bond donors (Lipinski definition) is 2. The number of nitrogens with zero attached hydrogens (tertiary/aromatic N) is 2. The highest BCUT2D eigenvalue weighted by molar-refractivity contribution is 6.34. The molecular weight excluding hydrogens is 433 g/mol. The van der Waals surface area contributed by atoms with E-state index in [2.05, 4.69) is 10.3 Å². The quantitative estimate of drug-likeness (QED) is 0.621. The van der Waals surface area contributed by atoms with Crippen molar-refractivity contribution in [3.63, 3.8) is 0 Å². The van der Waals surface area contributed by atoms with Gasteiger partial charge in [-0.3, -0.25) is 14.3 Å². The van der Waals surface area contributed by atoms with Crippen molar-refractivity contribution in [2.24, 2.45) is 0 Å². The van der Waals surface area contributed by atoms with Gasteiger partial charge < -0.3 is 10.3 Å². The number of benzene rings is 2. The molecule has 0 saturated carbocycles. The summed E-state index contributed by atoms with van der Waals surface area (Å²) in [5.74, 6) is -0.568. The maximum Gasteiger partial charge on any atom is 0.418 e. The third kappa shape index (κ3) is 4.47. The van der Waals surface area contributed by atoms with Crippen LogP contribution in [0.3, 0.4) is 0 Å². The van der Waals surface area contributed by atoms with Crippen LogP contribution in [0.4, 0.5) is 18.9 Å². The largest absolute Gasteiger partial charge is 0.418 e. The smallest absolute Gasteiger partial charge is 0.323 e.